The lowest BCUT2D eigenvalue weighted by molar-refractivity contribution is -0.131. The molecule has 1 amide bonds. The van der Waals surface area contributed by atoms with Gasteiger partial charge in [-0.15, -0.1) is 0 Å². The van der Waals surface area contributed by atoms with Crippen molar-refractivity contribution in [1.29, 1.82) is 0 Å². The summed E-state index contributed by atoms with van der Waals surface area (Å²) in [6.45, 7) is 4.01. The number of aliphatic carboxylic acids is 1. The van der Waals surface area contributed by atoms with Crippen LogP contribution in [0.5, 0.6) is 0 Å². The van der Waals surface area contributed by atoms with Gasteiger partial charge in [-0.05, 0) is 17.7 Å². The van der Waals surface area contributed by atoms with Crippen molar-refractivity contribution in [3.8, 4) is 0 Å². The lowest BCUT2D eigenvalue weighted by Crippen LogP contribution is -2.36. The Labute approximate surface area is 110 Å². The Morgan fingerprint density at radius 3 is 2.63 bits per heavy atom. The third-order valence-electron chi connectivity index (χ3n) is 2.69. The molecule has 0 heterocycles. The van der Waals surface area contributed by atoms with Crippen LogP contribution in [0.3, 0.4) is 0 Å². The van der Waals surface area contributed by atoms with Crippen LogP contribution in [0.4, 0.5) is 4.39 Å². The Bertz CT molecular complexity index is 509. The first-order chi connectivity index (χ1) is 8.81. The van der Waals surface area contributed by atoms with Crippen molar-refractivity contribution in [3.05, 3.63) is 47.8 Å². The number of halogens is 1. The molecule has 0 aliphatic heterocycles. The number of hydrogen-bond acceptors (Lipinski definition) is 2. The lowest BCUT2D eigenvalue weighted by atomic mass is 9.84. The molecule has 0 aromatic heterocycles. The third kappa shape index (κ3) is 4.91. The van der Waals surface area contributed by atoms with Crippen LogP contribution in [0.15, 0.2) is 36.4 Å². The van der Waals surface area contributed by atoms with Crippen molar-refractivity contribution in [2.75, 3.05) is 6.54 Å². The van der Waals surface area contributed by atoms with E-state index in [1.165, 1.54) is 12.1 Å². The molecule has 2 N–H and O–H groups in total. The highest BCUT2D eigenvalue weighted by Crippen LogP contribution is 2.22. The molecule has 102 valence electrons. The summed E-state index contributed by atoms with van der Waals surface area (Å²) in [6.07, 6.45) is 1.72. The third-order valence-corrected chi connectivity index (χ3v) is 2.69. The van der Waals surface area contributed by atoms with Gasteiger partial charge in [0.25, 0.3) is 0 Å². The predicted octanol–water partition coefficient (Wildman–Crippen LogP) is 1.86. The first-order valence-corrected chi connectivity index (χ1v) is 5.76. The van der Waals surface area contributed by atoms with Gasteiger partial charge in [-0.25, -0.2) is 9.18 Å². The Hall–Kier alpha value is -2.17. The molecular formula is C14H16FNO3. The number of carboxylic acids is 1. The molecule has 4 nitrogen and oxygen atoms in total. The maximum absolute atomic E-state index is 13.1. The van der Waals surface area contributed by atoms with E-state index < -0.39 is 17.3 Å². The number of amides is 1. The fraction of sp³-hybridized carbons (Fsp3) is 0.286. The largest absolute Gasteiger partial charge is 0.478 e. The average Bonchev–Trinajstić information content (AvgIpc) is 2.34. The minimum atomic E-state index is -1.18. The zero-order valence-corrected chi connectivity index (χ0v) is 10.8. The number of hydrogen-bond donors (Lipinski definition) is 2. The highest BCUT2D eigenvalue weighted by Gasteiger charge is 2.21. The van der Waals surface area contributed by atoms with E-state index in [-0.39, 0.29) is 12.4 Å². The molecule has 5 heteroatoms. The van der Waals surface area contributed by atoms with Crippen molar-refractivity contribution >= 4 is 11.9 Å². The monoisotopic (exact) mass is 265 g/mol. The molecule has 1 rings (SSSR count). The van der Waals surface area contributed by atoms with Crippen molar-refractivity contribution in [2.24, 2.45) is 0 Å². The summed E-state index contributed by atoms with van der Waals surface area (Å²) in [6, 6.07) is 6.16. The minimum absolute atomic E-state index is 0.277. The molecule has 0 atom stereocenters. The van der Waals surface area contributed by atoms with Crippen LogP contribution in [-0.4, -0.2) is 23.5 Å². The van der Waals surface area contributed by atoms with Crippen LogP contribution >= 0.6 is 0 Å². The average molecular weight is 265 g/mol. The Morgan fingerprint density at radius 1 is 1.37 bits per heavy atom. The molecule has 1 aromatic carbocycles. The van der Waals surface area contributed by atoms with E-state index >= 15 is 0 Å². The molecule has 0 radical (unpaired) electrons. The summed E-state index contributed by atoms with van der Waals surface area (Å²) in [7, 11) is 0. The fourth-order valence-electron chi connectivity index (χ4n) is 1.53. The molecule has 0 saturated carbocycles. The van der Waals surface area contributed by atoms with Gasteiger partial charge in [0.15, 0.2) is 0 Å². The van der Waals surface area contributed by atoms with E-state index in [9.17, 15) is 14.0 Å². The van der Waals surface area contributed by atoms with Crippen molar-refractivity contribution in [1.82, 2.24) is 5.32 Å². The molecular weight excluding hydrogens is 249 g/mol. The highest BCUT2D eigenvalue weighted by atomic mass is 19.1. The van der Waals surface area contributed by atoms with E-state index in [2.05, 4.69) is 5.32 Å². The van der Waals surface area contributed by atoms with E-state index in [0.29, 0.717) is 0 Å². The van der Waals surface area contributed by atoms with E-state index in [4.69, 9.17) is 5.11 Å². The summed E-state index contributed by atoms with van der Waals surface area (Å²) < 4.78 is 13.1. The second-order valence-electron chi connectivity index (χ2n) is 4.78. The van der Waals surface area contributed by atoms with Gasteiger partial charge >= 0.3 is 5.97 Å². The summed E-state index contributed by atoms with van der Waals surface area (Å²) in [5, 5.41) is 11.0. The maximum Gasteiger partial charge on any atom is 0.328 e. The maximum atomic E-state index is 13.1. The molecule has 0 aliphatic carbocycles. The topological polar surface area (TPSA) is 66.4 Å². The smallest absolute Gasteiger partial charge is 0.328 e. The van der Waals surface area contributed by atoms with E-state index in [1.54, 1.807) is 12.1 Å². The number of carbonyl (C=O) groups is 2. The van der Waals surface area contributed by atoms with Gasteiger partial charge in [0.05, 0.1) is 0 Å². The van der Waals surface area contributed by atoms with Gasteiger partial charge in [0, 0.05) is 24.1 Å². The molecule has 0 bridgehead atoms. The summed E-state index contributed by atoms with van der Waals surface area (Å²) >= 11 is 0. The highest BCUT2D eigenvalue weighted by molar-refractivity contribution is 5.93. The van der Waals surface area contributed by atoms with Gasteiger partial charge < -0.3 is 10.4 Å². The molecule has 0 unspecified atom stereocenters. The van der Waals surface area contributed by atoms with E-state index in [0.717, 1.165) is 17.7 Å². The second-order valence-corrected chi connectivity index (χ2v) is 4.78. The predicted molar refractivity (Wildman–Crippen MR) is 69.2 cm³/mol. The first-order valence-electron chi connectivity index (χ1n) is 5.76. The van der Waals surface area contributed by atoms with Gasteiger partial charge in [-0.3, -0.25) is 4.79 Å². The van der Waals surface area contributed by atoms with Gasteiger partial charge in [0.2, 0.25) is 5.91 Å². The molecule has 0 aliphatic rings. The van der Waals surface area contributed by atoms with Gasteiger partial charge in [0.1, 0.15) is 5.82 Å². The Balaban J connectivity index is 2.65. The normalized spacial score (nSPS) is 11.5. The van der Waals surface area contributed by atoms with Gasteiger partial charge in [-0.2, -0.15) is 0 Å². The molecule has 0 saturated heterocycles. The quantitative estimate of drug-likeness (QED) is 0.799. The van der Waals surface area contributed by atoms with Crippen LogP contribution in [0.2, 0.25) is 0 Å². The van der Waals surface area contributed by atoms with Crippen LogP contribution in [0, 0.1) is 5.82 Å². The molecule has 0 fully saturated rings. The lowest BCUT2D eigenvalue weighted by Gasteiger charge is -2.25. The zero-order chi connectivity index (χ0) is 14.5. The van der Waals surface area contributed by atoms with Gasteiger partial charge in [-0.1, -0.05) is 26.0 Å². The summed E-state index contributed by atoms with van der Waals surface area (Å²) in [5.41, 5.74) is 0.310. The van der Waals surface area contributed by atoms with Crippen LogP contribution in [0.25, 0.3) is 0 Å². The van der Waals surface area contributed by atoms with Crippen molar-refractivity contribution in [2.45, 2.75) is 19.3 Å². The van der Waals surface area contributed by atoms with Crippen LogP contribution in [-0.2, 0) is 15.0 Å². The molecule has 0 spiro atoms. The number of rotatable bonds is 5. The van der Waals surface area contributed by atoms with Crippen LogP contribution in [0.1, 0.15) is 19.4 Å². The SMILES string of the molecule is CC(C)(CNC(=O)/C=C/C(=O)O)c1cccc(F)c1. The fourth-order valence-corrected chi connectivity index (χ4v) is 1.53. The van der Waals surface area contributed by atoms with Crippen molar-refractivity contribution < 1.29 is 19.1 Å². The number of carbonyl (C=O) groups excluding carboxylic acids is 1. The summed E-state index contributed by atoms with van der Waals surface area (Å²) in [5.74, 6) is -2.01. The standard InChI is InChI=1S/C14H16FNO3/c1-14(2,10-4-3-5-11(15)8-10)9-16-12(17)6-7-13(18)19/h3-8H,9H2,1-2H3,(H,16,17)(H,18,19)/b7-6+. The minimum Gasteiger partial charge on any atom is -0.478 e. The molecule has 19 heavy (non-hydrogen) atoms. The number of carboxylic acid groups (broad SMARTS) is 1. The zero-order valence-electron chi connectivity index (χ0n) is 10.8. The van der Waals surface area contributed by atoms with Crippen LogP contribution < -0.4 is 5.32 Å². The molecule has 1 aromatic rings. The number of nitrogens with one attached hydrogen (secondary N) is 1. The number of benzene rings is 1. The Kier molecular flexibility index (Phi) is 4.80. The first kappa shape index (κ1) is 14.9. The van der Waals surface area contributed by atoms with Crippen molar-refractivity contribution in [3.63, 3.8) is 0 Å². The Morgan fingerprint density at radius 2 is 2.05 bits per heavy atom. The second kappa shape index (κ2) is 6.13. The summed E-state index contributed by atoms with van der Waals surface area (Å²) in [4.78, 5) is 21.6. The van der Waals surface area contributed by atoms with E-state index in [1.807, 2.05) is 13.8 Å².